The van der Waals surface area contributed by atoms with Crippen molar-refractivity contribution in [2.75, 3.05) is 11.5 Å². The average molecular weight is 274 g/mol. The average Bonchev–Trinajstić information content (AvgIpc) is 2.53. The Labute approximate surface area is 125 Å². The highest BCUT2D eigenvalue weighted by molar-refractivity contribution is 5.96. The Balaban J connectivity index is 2.29. The zero-order chi connectivity index (χ0) is 14.8. The summed E-state index contributed by atoms with van der Waals surface area (Å²) in [6.45, 7) is 2.02. The molecule has 0 saturated carbocycles. The number of hydrogen-bond acceptors (Lipinski definition) is 2. The predicted molar refractivity (Wildman–Crippen MR) is 90.9 cm³/mol. The molecule has 0 fully saturated rings. The van der Waals surface area contributed by atoms with E-state index in [2.05, 4.69) is 18.2 Å². The molecule has 0 unspecified atom stereocenters. The van der Waals surface area contributed by atoms with Crippen molar-refractivity contribution >= 4 is 11.4 Å². The summed E-state index contributed by atoms with van der Waals surface area (Å²) in [5, 5.41) is 0. The van der Waals surface area contributed by atoms with Gasteiger partial charge in [-0.15, -0.1) is 0 Å². The number of nitrogens with two attached hydrogens (primary N) is 2. The lowest BCUT2D eigenvalue weighted by Gasteiger charge is -2.17. The summed E-state index contributed by atoms with van der Waals surface area (Å²) >= 11 is 0. The summed E-state index contributed by atoms with van der Waals surface area (Å²) in [7, 11) is 0. The van der Waals surface area contributed by atoms with Crippen molar-refractivity contribution in [1.82, 2.24) is 0 Å². The Morgan fingerprint density at radius 1 is 0.667 bits per heavy atom. The van der Waals surface area contributed by atoms with Crippen LogP contribution in [0.25, 0.3) is 22.3 Å². The summed E-state index contributed by atoms with van der Waals surface area (Å²) in [6, 6.07) is 22.3. The van der Waals surface area contributed by atoms with Crippen molar-refractivity contribution in [3.8, 4) is 22.3 Å². The van der Waals surface area contributed by atoms with Crippen LogP contribution >= 0.6 is 0 Å². The summed E-state index contributed by atoms with van der Waals surface area (Å²) in [4.78, 5) is 0. The molecule has 0 aromatic heterocycles. The quantitative estimate of drug-likeness (QED) is 0.676. The number of rotatable bonds is 2. The molecule has 0 aliphatic rings. The van der Waals surface area contributed by atoms with Crippen LogP contribution in [-0.2, 0) is 0 Å². The van der Waals surface area contributed by atoms with E-state index in [4.69, 9.17) is 11.5 Å². The monoisotopic (exact) mass is 274 g/mol. The molecular weight excluding hydrogens is 256 g/mol. The summed E-state index contributed by atoms with van der Waals surface area (Å²) in [6.07, 6.45) is 0. The van der Waals surface area contributed by atoms with Crippen molar-refractivity contribution in [3.63, 3.8) is 0 Å². The maximum atomic E-state index is 6.44. The van der Waals surface area contributed by atoms with Crippen LogP contribution in [0.5, 0.6) is 0 Å². The van der Waals surface area contributed by atoms with Gasteiger partial charge in [0.05, 0.1) is 0 Å². The molecule has 0 heterocycles. The fourth-order valence-corrected chi connectivity index (χ4v) is 2.62. The predicted octanol–water partition coefficient (Wildman–Crippen LogP) is 4.49. The second-order valence-corrected chi connectivity index (χ2v) is 5.18. The van der Waals surface area contributed by atoms with Crippen LogP contribution in [-0.4, -0.2) is 0 Å². The van der Waals surface area contributed by atoms with Crippen LogP contribution in [0, 0.1) is 6.92 Å². The molecule has 0 aliphatic heterocycles. The largest absolute Gasteiger partial charge is 0.398 e. The molecule has 0 spiro atoms. The molecule has 3 rings (SSSR count). The minimum Gasteiger partial charge on any atom is -0.398 e. The molecular formula is C19H18N2. The van der Waals surface area contributed by atoms with Crippen molar-refractivity contribution in [1.29, 1.82) is 0 Å². The third kappa shape index (κ3) is 2.36. The van der Waals surface area contributed by atoms with E-state index in [-0.39, 0.29) is 0 Å². The Morgan fingerprint density at radius 3 is 1.76 bits per heavy atom. The molecule has 0 bridgehead atoms. The van der Waals surface area contributed by atoms with Crippen LogP contribution in [0.1, 0.15) is 5.56 Å². The van der Waals surface area contributed by atoms with E-state index < -0.39 is 0 Å². The standard InChI is InChI=1S/C19H18N2/c1-13-12-16(14-8-4-2-5-9-14)19(21)17(18(13)20)15-10-6-3-7-11-15/h2-12H,20-21H2,1H3. The summed E-state index contributed by atoms with van der Waals surface area (Å²) < 4.78 is 0. The summed E-state index contributed by atoms with van der Waals surface area (Å²) in [5.74, 6) is 0. The van der Waals surface area contributed by atoms with Gasteiger partial charge in [-0.2, -0.15) is 0 Å². The Bertz CT molecular complexity index is 763. The molecule has 3 aromatic carbocycles. The lowest BCUT2D eigenvalue weighted by Crippen LogP contribution is -2.01. The van der Waals surface area contributed by atoms with Gasteiger partial charge in [0.25, 0.3) is 0 Å². The molecule has 2 nitrogen and oxygen atoms in total. The second-order valence-electron chi connectivity index (χ2n) is 5.18. The highest BCUT2D eigenvalue weighted by atomic mass is 14.6. The first-order valence-electron chi connectivity index (χ1n) is 6.98. The second kappa shape index (κ2) is 5.33. The zero-order valence-corrected chi connectivity index (χ0v) is 12.0. The highest BCUT2D eigenvalue weighted by Crippen LogP contribution is 2.40. The third-order valence-electron chi connectivity index (χ3n) is 3.76. The minimum atomic E-state index is 0.732. The molecule has 0 atom stereocenters. The van der Waals surface area contributed by atoms with E-state index in [9.17, 15) is 0 Å². The Morgan fingerprint density at radius 2 is 1.19 bits per heavy atom. The zero-order valence-electron chi connectivity index (χ0n) is 12.0. The SMILES string of the molecule is Cc1cc(-c2ccccc2)c(N)c(-c2ccccc2)c1N. The van der Waals surface area contributed by atoms with Gasteiger partial charge in [-0.05, 0) is 29.7 Å². The van der Waals surface area contributed by atoms with Gasteiger partial charge in [-0.25, -0.2) is 0 Å². The normalized spacial score (nSPS) is 10.5. The molecule has 0 aliphatic carbocycles. The van der Waals surface area contributed by atoms with Gasteiger partial charge in [0.2, 0.25) is 0 Å². The van der Waals surface area contributed by atoms with E-state index in [1.54, 1.807) is 0 Å². The molecule has 2 heteroatoms. The molecule has 3 aromatic rings. The molecule has 4 N–H and O–H groups in total. The number of aryl methyl sites for hydroxylation is 1. The lowest BCUT2D eigenvalue weighted by molar-refractivity contribution is 1.46. The van der Waals surface area contributed by atoms with Crippen LogP contribution in [0.2, 0.25) is 0 Å². The third-order valence-corrected chi connectivity index (χ3v) is 3.76. The Hall–Kier alpha value is -2.74. The van der Waals surface area contributed by atoms with Crippen molar-refractivity contribution in [2.45, 2.75) is 6.92 Å². The van der Waals surface area contributed by atoms with E-state index in [0.717, 1.165) is 39.2 Å². The van der Waals surface area contributed by atoms with Gasteiger partial charge < -0.3 is 11.5 Å². The number of hydrogen-bond donors (Lipinski definition) is 2. The molecule has 0 radical (unpaired) electrons. The molecule has 0 amide bonds. The van der Waals surface area contributed by atoms with Crippen LogP contribution in [0.3, 0.4) is 0 Å². The van der Waals surface area contributed by atoms with Crippen LogP contribution < -0.4 is 11.5 Å². The first-order chi connectivity index (χ1) is 10.2. The smallest absolute Gasteiger partial charge is 0.0494 e. The maximum absolute atomic E-state index is 6.44. The van der Waals surface area contributed by atoms with Crippen LogP contribution in [0.15, 0.2) is 66.7 Å². The molecule has 104 valence electrons. The fraction of sp³-hybridized carbons (Fsp3) is 0.0526. The van der Waals surface area contributed by atoms with Gasteiger partial charge in [0.15, 0.2) is 0 Å². The fourth-order valence-electron chi connectivity index (χ4n) is 2.62. The van der Waals surface area contributed by atoms with Gasteiger partial charge >= 0.3 is 0 Å². The van der Waals surface area contributed by atoms with Crippen molar-refractivity contribution < 1.29 is 0 Å². The van der Waals surface area contributed by atoms with E-state index in [1.165, 1.54) is 0 Å². The lowest BCUT2D eigenvalue weighted by atomic mass is 9.92. The molecule has 0 saturated heterocycles. The van der Waals surface area contributed by atoms with E-state index in [1.807, 2.05) is 55.5 Å². The first kappa shape index (κ1) is 13.3. The van der Waals surface area contributed by atoms with E-state index in [0.29, 0.717) is 0 Å². The van der Waals surface area contributed by atoms with Gasteiger partial charge in [0.1, 0.15) is 0 Å². The minimum absolute atomic E-state index is 0.732. The van der Waals surface area contributed by atoms with Gasteiger partial charge in [-0.3, -0.25) is 0 Å². The van der Waals surface area contributed by atoms with Gasteiger partial charge in [0, 0.05) is 22.5 Å². The molecule has 21 heavy (non-hydrogen) atoms. The maximum Gasteiger partial charge on any atom is 0.0494 e. The van der Waals surface area contributed by atoms with Crippen molar-refractivity contribution in [2.24, 2.45) is 0 Å². The van der Waals surface area contributed by atoms with Gasteiger partial charge in [-0.1, -0.05) is 60.7 Å². The van der Waals surface area contributed by atoms with Crippen molar-refractivity contribution in [3.05, 3.63) is 72.3 Å². The number of anilines is 2. The van der Waals surface area contributed by atoms with E-state index >= 15 is 0 Å². The highest BCUT2D eigenvalue weighted by Gasteiger charge is 2.14. The summed E-state index contributed by atoms with van der Waals surface area (Å²) in [5.41, 5.74) is 19.4. The number of nitrogen functional groups attached to an aromatic ring is 2. The van der Waals surface area contributed by atoms with Crippen LogP contribution in [0.4, 0.5) is 11.4 Å². The first-order valence-corrected chi connectivity index (χ1v) is 6.98. The topological polar surface area (TPSA) is 52.0 Å². The number of benzene rings is 3. The Kier molecular flexibility index (Phi) is 3.36.